The quantitative estimate of drug-likeness (QED) is 0.737. The largest absolute Gasteiger partial charge is 0.356 e. The molecule has 5 heteroatoms. The van der Waals surface area contributed by atoms with E-state index in [0.717, 1.165) is 23.9 Å². The van der Waals surface area contributed by atoms with Gasteiger partial charge in [0.25, 0.3) is 0 Å². The molecule has 0 bridgehead atoms. The molecular weight excluding hydrogens is 240 g/mol. The molecule has 2 rings (SSSR count). The van der Waals surface area contributed by atoms with E-state index in [4.69, 9.17) is 5.73 Å². The molecule has 3 N–H and O–H groups in total. The third-order valence-electron chi connectivity index (χ3n) is 3.06. The predicted molar refractivity (Wildman–Crippen MR) is 75.6 cm³/mol. The lowest BCUT2D eigenvalue weighted by atomic mass is 10.3. The number of imidazole rings is 1. The fourth-order valence-electron chi connectivity index (χ4n) is 2.00. The van der Waals surface area contributed by atoms with Crippen LogP contribution < -0.4 is 11.1 Å². The van der Waals surface area contributed by atoms with Crippen LogP contribution in [0.4, 0.5) is 0 Å². The molecule has 0 radical (unpaired) electrons. The van der Waals surface area contributed by atoms with Crippen molar-refractivity contribution in [2.75, 3.05) is 13.1 Å². The Hall–Kier alpha value is -1.88. The van der Waals surface area contributed by atoms with E-state index in [1.807, 2.05) is 28.8 Å². The van der Waals surface area contributed by atoms with Crippen LogP contribution in [-0.4, -0.2) is 28.5 Å². The molecule has 1 aromatic carbocycles. The summed E-state index contributed by atoms with van der Waals surface area (Å²) in [6.45, 7) is 2.04. The van der Waals surface area contributed by atoms with Gasteiger partial charge in [0.2, 0.25) is 5.91 Å². The highest BCUT2D eigenvalue weighted by Gasteiger charge is 2.04. The van der Waals surface area contributed by atoms with Gasteiger partial charge in [-0.1, -0.05) is 12.1 Å². The van der Waals surface area contributed by atoms with Crippen molar-refractivity contribution >= 4 is 16.9 Å². The van der Waals surface area contributed by atoms with Crippen LogP contribution >= 0.6 is 0 Å². The van der Waals surface area contributed by atoms with Gasteiger partial charge in [-0.3, -0.25) is 4.79 Å². The fourth-order valence-corrected chi connectivity index (χ4v) is 2.00. The van der Waals surface area contributed by atoms with Crippen LogP contribution in [0.25, 0.3) is 11.0 Å². The number of hydrogen-bond acceptors (Lipinski definition) is 3. The molecule has 0 fully saturated rings. The molecule has 1 aromatic heterocycles. The van der Waals surface area contributed by atoms with Crippen LogP contribution in [0.5, 0.6) is 0 Å². The van der Waals surface area contributed by atoms with Crippen LogP contribution in [0.3, 0.4) is 0 Å². The van der Waals surface area contributed by atoms with Crippen LogP contribution in [-0.2, 0) is 11.3 Å². The van der Waals surface area contributed by atoms with Gasteiger partial charge in [0.1, 0.15) is 0 Å². The topological polar surface area (TPSA) is 72.9 Å². The van der Waals surface area contributed by atoms with Gasteiger partial charge in [-0.25, -0.2) is 4.98 Å². The third kappa shape index (κ3) is 3.79. The number of carbonyl (C=O) groups excluding carboxylic acids is 1. The first kappa shape index (κ1) is 13.5. The third-order valence-corrected chi connectivity index (χ3v) is 3.06. The molecule has 2 aromatic rings. The van der Waals surface area contributed by atoms with Gasteiger partial charge < -0.3 is 15.6 Å². The van der Waals surface area contributed by atoms with E-state index >= 15 is 0 Å². The summed E-state index contributed by atoms with van der Waals surface area (Å²) in [6, 6.07) is 7.93. The predicted octanol–water partition coefficient (Wildman–Crippen LogP) is 1.28. The van der Waals surface area contributed by atoms with Crippen molar-refractivity contribution in [2.45, 2.75) is 25.8 Å². The number of amides is 1. The zero-order valence-electron chi connectivity index (χ0n) is 11.0. The maximum Gasteiger partial charge on any atom is 0.221 e. The first-order valence-electron chi connectivity index (χ1n) is 6.68. The highest BCUT2D eigenvalue weighted by atomic mass is 16.1. The number of carbonyl (C=O) groups is 1. The van der Waals surface area contributed by atoms with Crippen molar-refractivity contribution in [1.82, 2.24) is 14.9 Å². The van der Waals surface area contributed by atoms with Gasteiger partial charge in [-0.05, 0) is 31.5 Å². The van der Waals surface area contributed by atoms with Crippen molar-refractivity contribution in [3.8, 4) is 0 Å². The summed E-state index contributed by atoms with van der Waals surface area (Å²) in [5.41, 5.74) is 7.43. The lowest BCUT2D eigenvalue weighted by Crippen LogP contribution is -2.25. The maximum atomic E-state index is 11.7. The van der Waals surface area contributed by atoms with Gasteiger partial charge in [0.05, 0.1) is 17.4 Å². The molecule has 0 saturated carbocycles. The molecular formula is C14H20N4O. The Morgan fingerprint density at radius 2 is 2.16 bits per heavy atom. The number of aryl methyl sites for hydroxylation is 1. The average Bonchev–Trinajstić information content (AvgIpc) is 2.85. The molecule has 0 spiro atoms. The van der Waals surface area contributed by atoms with Gasteiger partial charge in [-0.15, -0.1) is 0 Å². The summed E-state index contributed by atoms with van der Waals surface area (Å²) in [6.07, 6.45) is 4.15. The number of para-hydroxylation sites is 2. The molecule has 1 amide bonds. The Morgan fingerprint density at radius 1 is 1.32 bits per heavy atom. The number of benzene rings is 1. The first-order valence-corrected chi connectivity index (χ1v) is 6.68. The fraction of sp³-hybridized carbons (Fsp3) is 0.429. The highest BCUT2D eigenvalue weighted by Crippen LogP contribution is 2.11. The minimum Gasteiger partial charge on any atom is -0.356 e. The standard InChI is InChI=1S/C14H20N4O/c15-8-3-4-9-16-14(19)7-10-18-11-17-12-5-1-2-6-13(12)18/h1-2,5-6,11H,3-4,7-10,15H2,(H,16,19). The Morgan fingerprint density at radius 3 is 3.00 bits per heavy atom. The van der Waals surface area contributed by atoms with E-state index in [9.17, 15) is 4.79 Å². The number of hydrogen-bond donors (Lipinski definition) is 2. The summed E-state index contributed by atoms with van der Waals surface area (Å²) in [5, 5.41) is 2.90. The Kier molecular flexibility index (Phi) is 4.92. The number of nitrogens with zero attached hydrogens (tertiary/aromatic N) is 2. The first-order chi connectivity index (χ1) is 9.31. The summed E-state index contributed by atoms with van der Waals surface area (Å²) < 4.78 is 2.01. The Balaban J connectivity index is 1.80. The second-order valence-electron chi connectivity index (χ2n) is 4.52. The number of rotatable bonds is 7. The molecule has 0 aliphatic heterocycles. The minimum absolute atomic E-state index is 0.0785. The Bertz CT molecular complexity index is 535. The van der Waals surface area contributed by atoms with Crippen molar-refractivity contribution < 1.29 is 4.79 Å². The summed E-state index contributed by atoms with van der Waals surface area (Å²) in [4.78, 5) is 16.0. The number of aromatic nitrogens is 2. The molecule has 102 valence electrons. The van der Waals surface area contributed by atoms with Gasteiger partial charge >= 0.3 is 0 Å². The lowest BCUT2D eigenvalue weighted by Gasteiger charge is -2.06. The number of nitrogens with one attached hydrogen (secondary N) is 1. The van der Waals surface area contributed by atoms with Crippen molar-refractivity contribution in [3.63, 3.8) is 0 Å². The maximum absolute atomic E-state index is 11.7. The van der Waals surface area contributed by atoms with E-state index in [1.165, 1.54) is 0 Å². The molecule has 0 atom stereocenters. The van der Waals surface area contributed by atoms with Crippen molar-refractivity contribution in [2.24, 2.45) is 5.73 Å². The smallest absolute Gasteiger partial charge is 0.221 e. The number of nitrogens with two attached hydrogens (primary N) is 1. The van der Waals surface area contributed by atoms with Crippen LogP contribution in [0.1, 0.15) is 19.3 Å². The van der Waals surface area contributed by atoms with Crippen LogP contribution in [0.2, 0.25) is 0 Å². The second kappa shape index (κ2) is 6.89. The lowest BCUT2D eigenvalue weighted by molar-refractivity contribution is -0.121. The normalized spacial score (nSPS) is 10.8. The molecule has 0 saturated heterocycles. The van der Waals surface area contributed by atoms with E-state index in [-0.39, 0.29) is 5.91 Å². The van der Waals surface area contributed by atoms with Gasteiger partial charge in [0, 0.05) is 19.5 Å². The molecule has 0 unspecified atom stereocenters. The zero-order chi connectivity index (χ0) is 13.5. The van der Waals surface area contributed by atoms with E-state index in [1.54, 1.807) is 6.33 Å². The highest BCUT2D eigenvalue weighted by molar-refractivity contribution is 5.77. The van der Waals surface area contributed by atoms with E-state index < -0.39 is 0 Å². The molecule has 0 aliphatic rings. The second-order valence-corrected chi connectivity index (χ2v) is 4.52. The SMILES string of the molecule is NCCCCNC(=O)CCn1cnc2ccccc21. The minimum atomic E-state index is 0.0785. The summed E-state index contributed by atoms with van der Waals surface area (Å²) >= 11 is 0. The van der Waals surface area contributed by atoms with Gasteiger partial charge in [0.15, 0.2) is 0 Å². The van der Waals surface area contributed by atoms with Crippen molar-refractivity contribution in [3.05, 3.63) is 30.6 Å². The molecule has 19 heavy (non-hydrogen) atoms. The van der Waals surface area contributed by atoms with Crippen LogP contribution in [0.15, 0.2) is 30.6 Å². The molecule has 0 aliphatic carbocycles. The molecule has 5 nitrogen and oxygen atoms in total. The van der Waals surface area contributed by atoms with Crippen molar-refractivity contribution in [1.29, 1.82) is 0 Å². The number of fused-ring (bicyclic) bond motifs is 1. The average molecular weight is 260 g/mol. The van der Waals surface area contributed by atoms with Crippen LogP contribution in [0, 0.1) is 0 Å². The summed E-state index contributed by atoms with van der Waals surface area (Å²) in [5.74, 6) is 0.0785. The zero-order valence-corrected chi connectivity index (χ0v) is 11.0. The Labute approximate surface area is 112 Å². The monoisotopic (exact) mass is 260 g/mol. The van der Waals surface area contributed by atoms with E-state index in [0.29, 0.717) is 26.1 Å². The van der Waals surface area contributed by atoms with E-state index in [2.05, 4.69) is 10.3 Å². The molecule has 1 heterocycles. The van der Waals surface area contributed by atoms with Gasteiger partial charge in [-0.2, -0.15) is 0 Å². The summed E-state index contributed by atoms with van der Waals surface area (Å²) in [7, 11) is 0. The number of unbranched alkanes of at least 4 members (excludes halogenated alkanes) is 1.